The van der Waals surface area contributed by atoms with Crippen LogP contribution < -0.4 is 0 Å². The van der Waals surface area contributed by atoms with E-state index in [0.717, 1.165) is 25.9 Å². The Hall–Kier alpha value is -0.450. The number of carbonyl (C=O) groups excluding carboxylic acids is 1. The van der Waals surface area contributed by atoms with Crippen molar-refractivity contribution in [3.8, 4) is 0 Å². The minimum absolute atomic E-state index is 0.235. The van der Waals surface area contributed by atoms with E-state index in [-0.39, 0.29) is 5.41 Å². The van der Waals surface area contributed by atoms with Gasteiger partial charge in [0, 0.05) is 25.0 Å². The van der Waals surface area contributed by atoms with Crippen LogP contribution in [0.3, 0.4) is 0 Å². The summed E-state index contributed by atoms with van der Waals surface area (Å²) in [4.78, 5) is 11.7. The summed E-state index contributed by atoms with van der Waals surface area (Å²) in [5.41, 5.74) is -0.235. The van der Waals surface area contributed by atoms with Gasteiger partial charge < -0.3 is 14.2 Å². The Kier molecular flexibility index (Phi) is 12.0. The molecule has 0 heterocycles. The van der Waals surface area contributed by atoms with Crippen LogP contribution in [0.1, 0.15) is 53.4 Å². The molecule has 0 radical (unpaired) electrons. The molecule has 120 valence electrons. The molecule has 0 atom stereocenters. The molecule has 0 saturated heterocycles. The molecule has 0 rings (SSSR count). The maximum atomic E-state index is 11.7. The zero-order valence-electron chi connectivity index (χ0n) is 13.7. The second-order valence-corrected chi connectivity index (χ2v) is 5.97. The van der Waals surface area contributed by atoms with Crippen molar-refractivity contribution in [1.82, 2.24) is 0 Å². The topological polar surface area (TPSA) is 44.8 Å². The molecule has 0 bridgehead atoms. The summed E-state index contributed by atoms with van der Waals surface area (Å²) in [5.74, 6) is 0.293. The average Bonchev–Trinajstić information content (AvgIpc) is 2.38. The highest BCUT2D eigenvalue weighted by molar-refractivity contribution is 5.83. The number of hydrogen-bond acceptors (Lipinski definition) is 4. The van der Waals surface area contributed by atoms with Crippen LogP contribution in [0.2, 0.25) is 0 Å². The Morgan fingerprint density at radius 1 is 0.800 bits per heavy atom. The number of Topliss-reactive ketones (excluding diaryl/α,β-unsaturated/α-hetero) is 1. The Balaban J connectivity index is 3.16. The van der Waals surface area contributed by atoms with E-state index in [2.05, 4.69) is 6.92 Å². The van der Waals surface area contributed by atoms with Crippen molar-refractivity contribution in [3.63, 3.8) is 0 Å². The van der Waals surface area contributed by atoms with Crippen LogP contribution in [-0.4, -0.2) is 45.4 Å². The monoisotopic (exact) mass is 288 g/mol. The van der Waals surface area contributed by atoms with Gasteiger partial charge in [-0.3, -0.25) is 4.79 Å². The van der Waals surface area contributed by atoms with Gasteiger partial charge in [0.1, 0.15) is 5.78 Å². The average molecular weight is 288 g/mol. The van der Waals surface area contributed by atoms with Gasteiger partial charge in [0.05, 0.1) is 26.4 Å². The Bertz CT molecular complexity index is 233. The van der Waals surface area contributed by atoms with Gasteiger partial charge in [-0.25, -0.2) is 0 Å². The summed E-state index contributed by atoms with van der Waals surface area (Å²) >= 11 is 0. The molecule has 4 nitrogen and oxygen atoms in total. The van der Waals surface area contributed by atoms with Gasteiger partial charge >= 0.3 is 0 Å². The lowest BCUT2D eigenvalue weighted by Crippen LogP contribution is -2.20. The molecule has 4 heteroatoms. The molecular formula is C16H32O4. The molecule has 0 aliphatic rings. The fourth-order valence-corrected chi connectivity index (χ4v) is 1.50. The first-order chi connectivity index (χ1) is 9.48. The summed E-state index contributed by atoms with van der Waals surface area (Å²) in [5, 5.41) is 0. The van der Waals surface area contributed by atoms with E-state index in [9.17, 15) is 4.79 Å². The molecule has 0 fully saturated rings. The molecule has 0 aromatic rings. The molecule has 0 saturated carbocycles. The van der Waals surface area contributed by atoms with Crippen molar-refractivity contribution in [2.75, 3.05) is 39.6 Å². The first kappa shape index (κ1) is 19.6. The molecule has 0 spiro atoms. The number of ether oxygens (including phenoxy) is 3. The van der Waals surface area contributed by atoms with Crippen LogP contribution in [0.5, 0.6) is 0 Å². The highest BCUT2D eigenvalue weighted by atomic mass is 16.5. The van der Waals surface area contributed by atoms with Crippen molar-refractivity contribution < 1.29 is 19.0 Å². The third kappa shape index (κ3) is 12.6. The Morgan fingerprint density at radius 2 is 1.25 bits per heavy atom. The zero-order chi connectivity index (χ0) is 15.3. The van der Waals surface area contributed by atoms with Gasteiger partial charge in [0.15, 0.2) is 0 Å². The molecule has 0 aromatic heterocycles. The summed E-state index contributed by atoms with van der Waals surface area (Å²) < 4.78 is 16.2. The summed E-state index contributed by atoms with van der Waals surface area (Å²) in [6, 6.07) is 0. The van der Waals surface area contributed by atoms with Crippen molar-refractivity contribution >= 4 is 5.78 Å². The van der Waals surface area contributed by atoms with Crippen LogP contribution in [-0.2, 0) is 19.0 Å². The largest absolute Gasteiger partial charge is 0.379 e. The molecule has 0 amide bonds. The normalized spacial score (nSPS) is 11.8. The number of hydrogen-bond donors (Lipinski definition) is 0. The minimum Gasteiger partial charge on any atom is -0.379 e. The van der Waals surface area contributed by atoms with Crippen molar-refractivity contribution in [2.45, 2.75) is 53.4 Å². The van der Waals surface area contributed by atoms with E-state index in [1.165, 1.54) is 0 Å². The Morgan fingerprint density at radius 3 is 1.70 bits per heavy atom. The van der Waals surface area contributed by atoms with E-state index < -0.39 is 0 Å². The van der Waals surface area contributed by atoms with Crippen LogP contribution in [0.4, 0.5) is 0 Å². The van der Waals surface area contributed by atoms with Gasteiger partial charge in [0.2, 0.25) is 0 Å². The molecule has 0 unspecified atom stereocenters. The van der Waals surface area contributed by atoms with Gasteiger partial charge in [0.25, 0.3) is 0 Å². The minimum atomic E-state index is -0.235. The third-order valence-corrected chi connectivity index (χ3v) is 2.92. The summed E-state index contributed by atoms with van der Waals surface area (Å²) in [6.45, 7) is 11.9. The predicted octanol–water partition coefficient (Wildman–Crippen LogP) is 3.23. The van der Waals surface area contributed by atoms with Gasteiger partial charge in [-0.15, -0.1) is 0 Å². The highest BCUT2D eigenvalue weighted by Gasteiger charge is 2.19. The third-order valence-electron chi connectivity index (χ3n) is 2.92. The smallest absolute Gasteiger partial charge is 0.138 e. The van der Waals surface area contributed by atoms with Crippen LogP contribution in [0.25, 0.3) is 0 Å². The Labute approximate surface area is 124 Å². The quantitative estimate of drug-likeness (QED) is 0.488. The second kappa shape index (κ2) is 12.3. The van der Waals surface area contributed by atoms with Crippen molar-refractivity contribution in [3.05, 3.63) is 0 Å². The van der Waals surface area contributed by atoms with E-state index in [1.54, 1.807) is 0 Å². The molecule has 0 aliphatic carbocycles. The molecule has 20 heavy (non-hydrogen) atoms. The number of ketones is 1. The lowest BCUT2D eigenvalue weighted by Gasteiger charge is -2.16. The van der Waals surface area contributed by atoms with Gasteiger partial charge in [-0.2, -0.15) is 0 Å². The fraction of sp³-hybridized carbons (Fsp3) is 0.938. The van der Waals surface area contributed by atoms with Crippen LogP contribution >= 0.6 is 0 Å². The van der Waals surface area contributed by atoms with E-state index in [1.807, 2.05) is 20.8 Å². The molecule has 0 aliphatic heterocycles. The standard InChI is InChI=1S/C16H32O4/c1-5-6-9-18-11-13-20-14-12-19-10-7-8-15(17)16(2,3)4/h5-14H2,1-4H3. The first-order valence-corrected chi connectivity index (χ1v) is 7.75. The van der Waals surface area contributed by atoms with E-state index in [0.29, 0.717) is 45.2 Å². The number of rotatable bonds is 13. The maximum absolute atomic E-state index is 11.7. The highest BCUT2D eigenvalue weighted by Crippen LogP contribution is 2.17. The summed E-state index contributed by atoms with van der Waals surface area (Å²) in [6.07, 6.45) is 3.65. The van der Waals surface area contributed by atoms with E-state index >= 15 is 0 Å². The zero-order valence-corrected chi connectivity index (χ0v) is 13.7. The van der Waals surface area contributed by atoms with Crippen LogP contribution in [0, 0.1) is 5.41 Å². The number of carbonyl (C=O) groups is 1. The van der Waals surface area contributed by atoms with Crippen molar-refractivity contribution in [2.24, 2.45) is 5.41 Å². The molecule has 0 N–H and O–H groups in total. The van der Waals surface area contributed by atoms with Gasteiger partial charge in [-0.05, 0) is 12.8 Å². The van der Waals surface area contributed by atoms with Crippen LogP contribution in [0.15, 0.2) is 0 Å². The predicted molar refractivity (Wildman–Crippen MR) is 81.1 cm³/mol. The van der Waals surface area contributed by atoms with Crippen molar-refractivity contribution in [1.29, 1.82) is 0 Å². The van der Waals surface area contributed by atoms with E-state index in [4.69, 9.17) is 14.2 Å². The maximum Gasteiger partial charge on any atom is 0.138 e. The SMILES string of the molecule is CCCCOCCOCCOCCCC(=O)C(C)(C)C. The molecule has 0 aromatic carbocycles. The number of unbranched alkanes of at least 4 members (excludes halogenated alkanes) is 1. The lowest BCUT2D eigenvalue weighted by molar-refractivity contribution is -0.126. The lowest BCUT2D eigenvalue weighted by atomic mass is 9.88. The summed E-state index contributed by atoms with van der Waals surface area (Å²) in [7, 11) is 0. The first-order valence-electron chi connectivity index (χ1n) is 7.75. The van der Waals surface area contributed by atoms with Gasteiger partial charge in [-0.1, -0.05) is 34.1 Å². The second-order valence-electron chi connectivity index (χ2n) is 5.97. The fourth-order valence-electron chi connectivity index (χ4n) is 1.50. The molecular weight excluding hydrogens is 256 g/mol.